The molecule has 0 aliphatic heterocycles. The Morgan fingerprint density at radius 3 is 2.63 bits per heavy atom. The molecule has 0 saturated carbocycles. The predicted octanol–water partition coefficient (Wildman–Crippen LogP) is 1.32. The molecular weight excluding hydrogens is 248 g/mol. The molecule has 1 heterocycles. The molecule has 1 atom stereocenters. The molecule has 1 unspecified atom stereocenters. The van der Waals surface area contributed by atoms with E-state index in [1.165, 1.54) is 6.20 Å². The maximum atomic E-state index is 11.5. The highest BCUT2D eigenvalue weighted by molar-refractivity contribution is 5.84. The summed E-state index contributed by atoms with van der Waals surface area (Å²) in [7, 11) is 0. The number of carbonyl (C=O) groups is 1. The number of aliphatic hydroxyl groups excluding tert-OH is 2. The minimum atomic E-state index is -0.822. The first-order valence-electron chi connectivity index (χ1n) is 6.04. The van der Waals surface area contributed by atoms with E-state index < -0.39 is 17.8 Å². The molecule has 0 fully saturated rings. The van der Waals surface area contributed by atoms with Crippen LogP contribution in [0, 0.1) is 0 Å². The van der Waals surface area contributed by atoms with Gasteiger partial charge in [-0.1, -0.05) is 0 Å². The number of aliphatic hydroxyl groups is 2. The zero-order chi connectivity index (χ0) is 14.5. The van der Waals surface area contributed by atoms with E-state index in [1.54, 1.807) is 32.9 Å². The Kier molecular flexibility index (Phi) is 5.26. The van der Waals surface area contributed by atoms with Gasteiger partial charge < -0.3 is 14.9 Å². The molecule has 0 aliphatic rings. The van der Waals surface area contributed by atoms with Gasteiger partial charge >= 0.3 is 6.09 Å². The summed E-state index contributed by atoms with van der Waals surface area (Å²) in [6, 6.07) is 3.34. The minimum absolute atomic E-state index is 0.267. The number of nitrogens with zero attached hydrogens (tertiary/aromatic N) is 1. The number of anilines is 1. The Hall–Kier alpha value is -1.66. The molecule has 1 aromatic heterocycles. The molecule has 6 nitrogen and oxygen atoms in total. The number of nitrogens with one attached hydrogen (secondary N) is 1. The number of rotatable bonds is 4. The number of carbonyl (C=O) groups excluding carboxylic acids is 1. The van der Waals surface area contributed by atoms with E-state index in [4.69, 9.17) is 9.84 Å². The first kappa shape index (κ1) is 15.4. The second kappa shape index (κ2) is 6.49. The van der Waals surface area contributed by atoms with Crippen LogP contribution in [0.1, 0.15) is 26.5 Å². The van der Waals surface area contributed by atoms with Crippen molar-refractivity contribution in [3.63, 3.8) is 0 Å². The van der Waals surface area contributed by atoms with Gasteiger partial charge in [0, 0.05) is 12.1 Å². The molecule has 0 spiro atoms. The molecule has 19 heavy (non-hydrogen) atoms. The molecule has 106 valence electrons. The van der Waals surface area contributed by atoms with Crippen LogP contribution in [0.2, 0.25) is 0 Å². The molecule has 0 aromatic carbocycles. The number of pyridine rings is 1. The standard InChI is InChI=1S/C13H20N2O4/c1-13(2,3)19-12(18)15-10-5-4-9(14-7-10)6-11(17)8-16/h4-5,7,11,16-17H,6,8H2,1-3H3,(H,15,18). The third-order valence-electron chi connectivity index (χ3n) is 2.13. The van der Waals surface area contributed by atoms with Crippen molar-refractivity contribution in [2.24, 2.45) is 0 Å². The molecule has 0 aliphatic carbocycles. The lowest BCUT2D eigenvalue weighted by molar-refractivity contribution is 0.0636. The van der Waals surface area contributed by atoms with Crippen LogP contribution in [0.5, 0.6) is 0 Å². The third-order valence-corrected chi connectivity index (χ3v) is 2.13. The predicted molar refractivity (Wildman–Crippen MR) is 70.9 cm³/mol. The van der Waals surface area contributed by atoms with Crippen molar-refractivity contribution in [3.8, 4) is 0 Å². The fourth-order valence-corrected chi connectivity index (χ4v) is 1.35. The van der Waals surface area contributed by atoms with Gasteiger partial charge in [-0.15, -0.1) is 0 Å². The molecule has 6 heteroatoms. The van der Waals surface area contributed by atoms with Crippen LogP contribution in [-0.4, -0.2) is 39.6 Å². The average molecular weight is 268 g/mol. The van der Waals surface area contributed by atoms with Crippen molar-refractivity contribution in [1.29, 1.82) is 0 Å². The van der Waals surface area contributed by atoms with Crippen molar-refractivity contribution in [2.45, 2.75) is 38.9 Å². The van der Waals surface area contributed by atoms with E-state index in [0.717, 1.165) is 0 Å². The molecule has 1 aromatic rings. The maximum absolute atomic E-state index is 11.5. The lowest BCUT2D eigenvalue weighted by Crippen LogP contribution is -2.27. The summed E-state index contributed by atoms with van der Waals surface area (Å²) in [5.74, 6) is 0. The SMILES string of the molecule is CC(C)(C)OC(=O)Nc1ccc(CC(O)CO)nc1. The maximum Gasteiger partial charge on any atom is 0.412 e. The summed E-state index contributed by atoms with van der Waals surface area (Å²) < 4.78 is 5.10. The van der Waals surface area contributed by atoms with Crippen LogP contribution in [0.15, 0.2) is 18.3 Å². The lowest BCUT2D eigenvalue weighted by Gasteiger charge is -2.19. The zero-order valence-electron chi connectivity index (χ0n) is 11.4. The van der Waals surface area contributed by atoms with E-state index in [-0.39, 0.29) is 13.0 Å². The van der Waals surface area contributed by atoms with Crippen LogP contribution in [0.4, 0.5) is 10.5 Å². The quantitative estimate of drug-likeness (QED) is 0.766. The van der Waals surface area contributed by atoms with E-state index in [9.17, 15) is 9.90 Å². The van der Waals surface area contributed by atoms with Crippen molar-refractivity contribution < 1.29 is 19.7 Å². The smallest absolute Gasteiger partial charge is 0.412 e. The molecule has 3 N–H and O–H groups in total. The monoisotopic (exact) mass is 268 g/mol. The van der Waals surface area contributed by atoms with Gasteiger partial charge in [0.25, 0.3) is 0 Å². The Bertz CT molecular complexity index is 412. The van der Waals surface area contributed by atoms with Gasteiger partial charge in [0.15, 0.2) is 0 Å². The normalized spacial score (nSPS) is 12.9. The van der Waals surface area contributed by atoms with Gasteiger partial charge in [0.05, 0.1) is 24.6 Å². The largest absolute Gasteiger partial charge is 0.444 e. The summed E-state index contributed by atoms with van der Waals surface area (Å²) >= 11 is 0. The molecular formula is C13H20N2O4. The van der Waals surface area contributed by atoms with E-state index in [1.807, 2.05) is 0 Å². The van der Waals surface area contributed by atoms with Crippen LogP contribution < -0.4 is 5.32 Å². The summed E-state index contributed by atoms with van der Waals surface area (Å²) in [6.07, 6.45) is 0.377. The van der Waals surface area contributed by atoms with Crippen LogP contribution in [-0.2, 0) is 11.2 Å². The highest BCUT2D eigenvalue weighted by Crippen LogP contribution is 2.11. The van der Waals surface area contributed by atoms with E-state index in [0.29, 0.717) is 11.4 Å². The number of hydrogen-bond acceptors (Lipinski definition) is 5. The van der Waals surface area contributed by atoms with Crippen LogP contribution in [0.25, 0.3) is 0 Å². The van der Waals surface area contributed by atoms with Gasteiger partial charge in [-0.05, 0) is 32.9 Å². The molecule has 0 bridgehead atoms. The summed E-state index contributed by atoms with van der Waals surface area (Å²) in [5, 5.41) is 20.6. The van der Waals surface area contributed by atoms with E-state index >= 15 is 0 Å². The molecule has 1 amide bonds. The molecule has 0 saturated heterocycles. The van der Waals surface area contributed by atoms with Crippen molar-refractivity contribution in [2.75, 3.05) is 11.9 Å². The van der Waals surface area contributed by atoms with Gasteiger partial charge in [0.1, 0.15) is 5.60 Å². The zero-order valence-corrected chi connectivity index (χ0v) is 11.4. The fourth-order valence-electron chi connectivity index (χ4n) is 1.35. The first-order valence-corrected chi connectivity index (χ1v) is 6.04. The third kappa shape index (κ3) is 6.17. The molecule has 0 radical (unpaired) electrons. The number of amides is 1. The lowest BCUT2D eigenvalue weighted by atomic mass is 10.2. The van der Waals surface area contributed by atoms with Crippen molar-refractivity contribution >= 4 is 11.8 Å². The van der Waals surface area contributed by atoms with Crippen molar-refractivity contribution in [1.82, 2.24) is 4.98 Å². The summed E-state index contributed by atoms with van der Waals surface area (Å²) in [5.41, 5.74) is 0.593. The second-order valence-electron chi connectivity index (χ2n) is 5.21. The Labute approximate surface area is 112 Å². The van der Waals surface area contributed by atoms with E-state index in [2.05, 4.69) is 10.3 Å². The summed E-state index contributed by atoms with van der Waals surface area (Å²) in [6.45, 7) is 5.04. The summed E-state index contributed by atoms with van der Waals surface area (Å²) in [4.78, 5) is 15.6. The second-order valence-corrected chi connectivity index (χ2v) is 5.21. The van der Waals surface area contributed by atoms with Gasteiger partial charge in [-0.25, -0.2) is 4.79 Å². The molecule has 1 rings (SSSR count). The van der Waals surface area contributed by atoms with Crippen molar-refractivity contribution in [3.05, 3.63) is 24.0 Å². The number of aromatic nitrogens is 1. The first-order chi connectivity index (χ1) is 8.80. The average Bonchev–Trinajstić information content (AvgIpc) is 2.29. The van der Waals surface area contributed by atoms with Gasteiger partial charge in [0.2, 0.25) is 0 Å². The number of ether oxygens (including phenoxy) is 1. The highest BCUT2D eigenvalue weighted by Gasteiger charge is 2.16. The van der Waals surface area contributed by atoms with Gasteiger partial charge in [-0.2, -0.15) is 0 Å². The highest BCUT2D eigenvalue weighted by atomic mass is 16.6. The van der Waals surface area contributed by atoms with Crippen LogP contribution >= 0.6 is 0 Å². The van der Waals surface area contributed by atoms with Gasteiger partial charge in [-0.3, -0.25) is 10.3 Å². The Balaban J connectivity index is 2.55. The minimum Gasteiger partial charge on any atom is -0.444 e. The topological polar surface area (TPSA) is 91.7 Å². The number of hydrogen-bond donors (Lipinski definition) is 3. The Morgan fingerprint density at radius 2 is 2.16 bits per heavy atom. The fraction of sp³-hybridized carbons (Fsp3) is 0.538. The Morgan fingerprint density at radius 1 is 1.47 bits per heavy atom. The van der Waals surface area contributed by atoms with Crippen LogP contribution in [0.3, 0.4) is 0 Å².